The van der Waals surface area contributed by atoms with Crippen LogP contribution in [0.25, 0.3) is 0 Å². The van der Waals surface area contributed by atoms with Crippen LogP contribution in [0.2, 0.25) is 10.0 Å². The smallest absolute Gasteiger partial charge is 0.171 e. The summed E-state index contributed by atoms with van der Waals surface area (Å²) in [6.45, 7) is 3.73. The van der Waals surface area contributed by atoms with Gasteiger partial charge < -0.3 is 9.47 Å². The topological polar surface area (TPSA) is 66.0 Å². The van der Waals surface area contributed by atoms with Crippen molar-refractivity contribution < 1.29 is 9.47 Å². The molecular formula is C22H14Cl2N2O2. The molecule has 0 atom stereocenters. The maximum absolute atomic E-state index is 9.34. The molecule has 3 aromatic rings. The largest absolute Gasteiger partial charge is 0.453 e. The van der Waals surface area contributed by atoms with Gasteiger partial charge in [-0.05, 0) is 61.4 Å². The monoisotopic (exact) mass is 408 g/mol. The first-order valence-corrected chi connectivity index (χ1v) is 9.03. The molecule has 0 heterocycles. The van der Waals surface area contributed by atoms with Gasteiger partial charge in [0.15, 0.2) is 11.5 Å². The maximum Gasteiger partial charge on any atom is 0.171 e. The summed E-state index contributed by atoms with van der Waals surface area (Å²) in [6, 6.07) is 17.4. The van der Waals surface area contributed by atoms with E-state index in [0.29, 0.717) is 33.0 Å². The van der Waals surface area contributed by atoms with Gasteiger partial charge in [0.05, 0.1) is 11.1 Å². The standard InChI is InChI=1S/C22H14Cl2N2O2/c1-13-7-17(3-5-19(13)23)27-21-9-15(11-25)16(12-26)10-22(21)28-18-4-6-20(24)14(2)8-18/h3-10H,1-2H3. The molecule has 0 N–H and O–H groups in total. The number of nitriles is 2. The number of rotatable bonds is 4. The van der Waals surface area contributed by atoms with Gasteiger partial charge in [-0.3, -0.25) is 0 Å². The molecule has 28 heavy (non-hydrogen) atoms. The molecule has 0 aliphatic rings. The molecule has 3 rings (SSSR count). The fourth-order valence-corrected chi connectivity index (χ4v) is 2.75. The summed E-state index contributed by atoms with van der Waals surface area (Å²) in [4.78, 5) is 0. The first-order valence-electron chi connectivity index (χ1n) is 8.27. The predicted octanol–water partition coefficient (Wildman–Crippen LogP) is 6.94. The third kappa shape index (κ3) is 4.21. The Labute approximate surface area is 173 Å². The first-order chi connectivity index (χ1) is 13.4. The highest BCUT2D eigenvalue weighted by Crippen LogP contribution is 2.38. The van der Waals surface area contributed by atoms with Crippen molar-refractivity contribution in [2.24, 2.45) is 0 Å². The number of hydrogen-bond acceptors (Lipinski definition) is 4. The Hall–Kier alpha value is -3.18. The van der Waals surface area contributed by atoms with Crippen LogP contribution in [0, 0.1) is 36.5 Å². The average Bonchev–Trinajstić information content (AvgIpc) is 2.68. The highest BCUT2D eigenvalue weighted by Gasteiger charge is 2.15. The summed E-state index contributed by atoms with van der Waals surface area (Å²) in [5.41, 5.74) is 2.10. The summed E-state index contributed by atoms with van der Waals surface area (Å²) in [6.07, 6.45) is 0. The van der Waals surface area contributed by atoms with Crippen molar-refractivity contribution in [2.45, 2.75) is 13.8 Å². The highest BCUT2D eigenvalue weighted by atomic mass is 35.5. The fraction of sp³-hybridized carbons (Fsp3) is 0.0909. The number of halogens is 2. The summed E-state index contributed by atoms with van der Waals surface area (Å²) in [5.74, 6) is 1.69. The molecule has 0 spiro atoms. The van der Waals surface area contributed by atoms with E-state index in [2.05, 4.69) is 0 Å². The van der Waals surface area contributed by atoms with E-state index in [9.17, 15) is 10.5 Å². The zero-order chi connectivity index (χ0) is 20.3. The number of ether oxygens (including phenoxy) is 2. The Morgan fingerprint density at radius 1 is 0.679 bits per heavy atom. The van der Waals surface area contributed by atoms with Crippen LogP contribution in [0.1, 0.15) is 22.3 Å². The molecule has 0 aromatic heterocycles. The van der Waals surface area contributed by atoms with E-state index < -0.39 is 0 Å². The minimum atomic E-state index is 0.197. The molecule has 0 bridgehead atoms. The number of nitrogens with zero attached hydrogens (tertiary/aromatic N) is 2. The molecule has 0 saturated carbocycles. The second-order valence-electron chi connectivity index (χ2n) is 6.09. The average molecular weight is 409 g/mol. The lowest BCUT2D eigenvalue weighted by atomic mass is 10.1. The predicted molar refractivity (Wildman–Crippen MR) is 108 cm³/mol. The van der Waals surface area contributed by atoms with Gasteiger partial charge in [-0.1, -0.05) is 23.2 Å². The maximum atomic E-state index is 9.34. The summed E-state index contributed by atoms with van der Waals surface area (Å²) in [7, 11) is 0. The van der Waals surface area contributed by atoms with Crippen molar-refractivity contribution in [1.29, 1.82) is 10.5 Å². The zero-order valence-corrected chi connectivity index (χ0v) is 16.6. The normalized spacial score (nSPS) is 10.1. The van der Waals surface area contributed by atoms with Crippen molar-refractivity contribution in [3.63, 3.8) is 0 Å². The van der Waals surface area contributed by atoms with Crippen LogP contribution in [0.4, 0.5) is 0 Å². The van der Waals surface area contributed by atoms with Crippen LogP contribution in [0.15, 0.2) is 48.5 Å². The molecule has 0 radical (unpaired) electrons. The SMILES string of the molecule is Cc1cc(Oc2cc(C#N)c(C#N)cc2Oc2ccc(Cl)c(C)c2)ccc1Cl. The highest BCUT2D eigenvalue weighted by molar-refractivity contribution is 6.31. The van der Waals surface area contributed by atoms with Gasteiger partial charge in [-0.15, -0.1) is 0 Å². The molecule has 3 aromatic carbocycles. The third-order valence-corrected chi connectivity index (χ3v) is 4.89. The van der Waals surface area contributed by atoms with Gasteiger partial charge in [0.1, 0.15) is 23.6 Å². The molecule has 0 saturated heterocycles. The molecule has 0 aliphatic carbocycles. The van der Waals surface area contributed by atoms with Crippen LogP contribution >= 0.6 is 23.2 Å². The van der Waals surface area contributed by atoms with Crippen molar-refractivity contribution in [3.05, 3.63) is 80.8 Å². The van der Waals surface area contributed by atoms with Crippen LogP contribution in [-0.2, 0) is 0 Å². The number of aryl methyl sites for hydroxylation is 2. The molecule has 6 heteroatoms. The van der Waals surface area contributed by atoms with Gasteiger partial charge in [-0.25, -0.2) is 0 Å². The Bertz CT molecular complexity index is 1050. The van der Waals surface area contributed by atoms with Gasteiger partial charge in [-0.2, -0.15) is 10.5 Å². The van der Waals surface area contributed by atoms with Gasteiger partial charge in [0.25, 0.3) is 0 Å². The van der Waals surface area contributed by atoms with Crippen LogP contribution < -0.4 is 9.47 Å². The van der Waals surface area contributed by atoms with Crippen molar-refractivity contribution in [2.75, 3.05) is 0 Å². The van der Waals surface area contributed by atoms with Gasteiger partial charge in [0, 0.05) is 22.2 Å². The lowest BCUT2D eigenvalue weighted by Crippen LogP contribution is -1.95. The lowest BCUT2D eigenvalue weighted by molar-refractivity contribution is 0.418. The van der Waals surface area contributed by atoms with E-state index in [1.165, 1.54) is 12.1 Å². The fourth-order valence-electron chi connectivity index (χ4n) is 2.52. The Morgan fingerprint density at radius 2 is 1.07 bits per heavy atom. The van der Waals surface area contributed by atoms with Crippen molar-refractivity contribution >= 4 is 23.2 Å². The summed E-state index contributed by atoms with van der Waals surface area (Å²) >= 11 is 12.1. The first kappa shape index (κ1) is 19.6. The second-order valence-corrected chi connectivity index (χ2v) is 6.91. The van der Waals surface area contributed by atoms with E-state index in [1.807, 2.05) is 26.0 Å². The second kappa shape index (κ2) is 8.23. The van der Waals surface area contributed by atoms with Gasteiger partial charge in [0.2, 0.25) is 0 Å². The molecule has 138 valence electrons. The Morgan fingerprint density at radius 3 is 1.39 bits per heavy atom. The molecule has 4 nitrogen and oxygen atoms in total. The minimum absolute atomic E-state index is 0.197. The summed E-state index contributed by atoms with van der Waals surface area (Å²) < 4.78 is 11.9. The van der Waals surface area contributed by atoms with E-state index in [-0.39, 0.29) is 11.1 Å². The molecular weight excluding hydrogens is 395 g/mol. The van der Waals surface area contributed by atoms with E-state index >= 15 is 0 Å². The van der Waals surface area contributed by atoms with E-state index in [0.717, 1.165) is 11.1 Å². The van der Waals surface area contributed by atoms with E-state index in [1.54, 1.807) is 36.4 Å². The van der Waals surface area contributed by atoms with Crippen molar-refractivity contribution in [3.8, 4) is 35.1 Å². The van der Waals surface area contributed by atoms with Crippen LogP contribution in [-0.4, -0.2) is 0 Å². The molecule has 0 fully saturated rings. The molecule has 0 amide bonds. The third-order valence-electron chi connectivity index (χ3n) is 4.04. The molecule has 0 unspecified atom stereocenters. The number of benzene rings is 3. The quantitative estimate of drug-likeness (QED) is 0.468. The Kier molecular flexibility index (Phi) is 5.76. The lowest BCUT2D eigenvalue weighted by Gasteiger charge is -2.14. The zero-order valence-electron chi connectivity index (χ0n) is 15.1. The van der Waals surface area contributed by atoms with Crippen LogP contribution in [0.5, 0.6) is 23.0 Å². The summed E-state index contributed by atoms with van der Waals surface area (Å²) in [5, 5.41) is 19.9. The van der Waals surface area contributed by atoms with E-state index in [4.69, 9.17) is 32.7 Å². The molecule has 0 aliphatic heterocycles. The van der Waals surface area contributed by atoms with Gasteiger partial charge >= 0.3 is 0 Å². The minimum Gasteiger partial charge on any atom is -0.453 e. The van der Waals surface area contributed by atoms with Crippen LogP contribution in [0.3, 0.4) is 0 Å². The Balaban J connectivity index is 2.05. The number of hydrogen-bond donors (Lipinski definition) is 0. The van der Waals surface area contributed by atoms with Crippen molar-refractivity contribution in [1.82, 2.24) is 0 Å².